The van der Waals surface area contributed by atoms with E-state index in [-0.39, 0.29) is 11.6 Å². The Kier molecular flexibility index (Phi) is 7.57. The maximum absolute atomic E-state index is 12.6. The van der Waals surface area contributed by atoms with Crippen LogP contribution >= 0.6 is 0 Å². The number of hydrogen-bond acceptors (Lipinski definition) is 5. The van der Waals surface area contributed by atoms with Crippen LogP contribution < -0.4 is 4.90 Å². The summed E-state index contributed by atoms with van der Waals surface area (Å²) in [6.45, 7) is 0. The number of hydrogen-bond donors (Lipinski definition) is 0. The van der Waals surface area contributed by atoms with Gasteiger partial charge in [-0.05, 0) is 48.0 Å². The molecular weight excluding hydrogens is 411 g/mol. The van der Waals surface area contributed by atoms with Gasteiger partial charge in [-0.2, -0.15) is 13.2 Å². The minimum atomic E-state index is -4.42. The van der Waals surface area contributed by atoms with Crippen LogP contribution in [-0.4, -0.2) is 51.4 Å². The lowest BCUT2D eigenvalue weighted by molar-refractivity contribution is -0.137. The van der Waals surface area contributed by atoms with Crippen molar-refractivity contribution >= 4 is 30.0 Å². The van der Waals surface area contributed by atoms with Gasteiger partial charge < -0.3 is 14.5 Å². The first-order valence-corrected chi connectivity index (χ1v) is 9.10. The second kappa shape index (κ2) is 9.92. The van der Waals surface area contributed by atoms with Crippen molar-refractivity contribution in [3.8, 4) is 0 Å². The van der Waals surface area contributed by atoms with E-state index in [2.05, 4.69) is 4.99 Å². The molecule has 0 saturated carbocycles. The number of amides is 1. The molecular formula is C22H22F3N3O3. The molecule has 3 rings (SSSR count). The fourth-order valence-corrected chi connectivity index (χ4v) is 2.36. The summed E-state index contributed by atoms with van der Waals surface area (Å²) in [7, 11) is 7.21. The van der Waals surface area contributed by atoms with Crippen LogP contribution in [0.15, 0.2) is 59.2 Å². The Hall–Kier alpha value is -3.62. The first-order chi connectivity index (χ1) is 14.5. The van der Waals surface area contributed by atoms with Crippen molar-refractivity contribution in [2.75, 3.05) is 33.1 Å². The van der Waals surface area contributed by atoms with Crippen LogP contribution in [0.25, 0.3) is 6.08 Å². The molecule has 0 spiro atoms. The number of aliphatic imine (C=N–C) groups is 1. The van der Waals surface area contributed by atoms with E-state index in [0.717, 1.165) is 29.8 Å². The van der Waals surface area contributed by atoms with Crippen molar-refractivity contribution < 1.29 is 27.5 Å². The van der Waals surface area contributed by atoms with Crippen LogP contribution in [0.3, 0.4) is 0 Å². The number of ether oxygens (including phenoxy) is 1. The predicted octanol–water partition coefficient (Wildman–Crippen LogP) is 3.82. The normalized spacial score (nSPS) is 14.4. The van der Waals surface area contributed by atoms with Gasteiger partial charge >= 0.3 is 12.1 Å². The largest absolute Gasteiger partial charge is 0.416 e. The number of esters is 1. The van der Waals surface area contributed by atoms with E-state index in [0.29, 0.717) is 5.56 Å². The van der Waals surface area contributed by atoms with Crippen LogP contribution in [-0.2, 0) is 20.5 Å². The van der Waals surface area contributed by atoms with Crippen LogP contribution in [0, 0.1) is 0 Å². The average molecular weight is 433 g/mol. The Bertz CT molecular complexity index is 978. The Labute approximate surface area is 178 Å². The van der Waals surface area contributed by atoms with Crippen LogP contribution in [0.1, 0.15) is 16.7 Å². The Morgan fingerprint density at radius 2 is 1.48 bits per heavy atom. The molecule has 6 nitrogen and oxygen atoms in total. The summed E-state index contributed by atoms with van der Waals surface area (Å²) >= 11 is 0. The van der Waals surface area contributed by atoms with E-state index >= 15 is 0 Å². The lowest BCUT2D eigenvalue weighted by Crippen LogP contribution is -2.08. The smallest absolute Gasteiger partial charge is 0.402 e. The first kappa shape index (κ1) is 23.7. The molecule has 0 saturated heterocycles. The number of cyclic esters (lactones) is 1. The van der Waals surface area contributed by atoms with Gasteiger partial charge in [0.15, 0.2) is 5.70 Å². The summed E-state index contributed by atoms with van der Waals surface area (Å²) in [5.74, 6) is -0.656. The van der Waals surface area contributed by atoms with E-state index in [1.54, 1.807) is 20.2 Å². The maximum Gasteiger partial charge on any atom is 0.416 e. The van der Waals surface area contributed by atoms with Gasteiger partial charge in [-0.3, -0.25) is 4.79 Å². The maximum atomic E-state index is 12.6. The lowest BCUT2D eigenvalue weighted by Gasteiger charge is -2.11. The third kappa shape index (κ3) is 6.70. The van der Waals surface area contributed by atoms with Gasteiger partial charge in [0.1, 0.15) is 0 Å². The van der Waals surface area contributed by atoms with E-state index in [9.17, 15) is 22.8 Å². The topological polar surface area (TPSA) is 62.2 Å². The molecule has 1 aliphatic rings. The molecule has 1 amide bonds. The van der Waals surface area contributed by atoms with Crippen molar-refractivity contribution in [1.29, 1.82) is 0 Å². The Balaban J connectivity index is 0.000000614. The fraction of sp³-hybridized carbons (Fsp3) is 0.227. The minimum absolute atomic E-state index is 0.0140. The van der Waals surface area contributed by atoms with Crippen LogP contribution in [0.5, 0.6) is 0 Å². The van der Waals surface area contributed by atoms with E-state index in [1.807, 2.05) is 43.3 Å². The van der Waals surface area contributed by atoms with Crippen molar-refractivity contribution in [3.63, 3.8) is 0 Å². The van der Waals surface area contributed by atoms with Crippen LogP contribution in [0.2, 0.25) is 0 Å². The highest BCUT2D eigenvalue weighted by Crippen LogP contribution is 2.29. The second-order valence-electron chi connectivity index (χ2n) is 6.97. The van der Waals surface area contributed by atoms with Gasteiger partial charge in [0, 0.05) is 39.4 Å². The first-order valence-electron chi connectivity index (χ1n) is 9.10. The van der Waals surface area contributed by atoms with Gasteiger partial charge in [-0.25, -0.2) is 9.79 Å². The molecule has 1 aliphatic heterocycles. The van der Waals surface area contributed by atoms with Gasteiger partial charge in [-0.1, -0.05) is 12.1 Å². The predicted molar refractivity (Wildman–Crippen MR) is 113 cm³/mol. The molecule has 0 fully saturated rings. The number of carbonyl (C=O) groups is 2. The molecule has 9 heteroatoms. The lowest BCUT2D eigenvalue weighted by atomic mass is 10.1. The second-order valence-corrected chi connectivity index (χ2v) is 6.97. The van der Waals surface area contributed by atoms with Gasteiger partial charge in [0.2, 0.25) is 12.3 Å². The van der Waals surface area contributed by atoms with Gasteiger partial charge in [0.25, 0.3) is 0 Å². The monoisotopic (exact) mass is 433 g/mol. The Morgan fingerprint density at radius 1 is 0.935 bits per heavy atom. The summed E-state index contributed by atoms with van der Waals surface area (Å²) in [6, 6.07) is 11.8. The molecule has 0 unspecified atom stereocenters. The highest BCUT2D eigenvalue weighted by Gasteiger charge is 2.31. The number of alkyl halides is 3. The zero-order valence-electron chi connectivity index (χ0n) is 17.5. The summed E-state index contributed by atoms with van der Waals surface area (Å²) in [6.07, 6.45) is -2.10. The molecule has 31 heavy (non-hydrogen) atoms. The molecule has 0 radical (unpaired) electrons. The number of nitrogens with zero attached hydrogens (tertiary/aromatic N) is 3. The third-order valence-corrected chi connectivity index (χ3v) is 4.00. The number of halogens is 3. The van der Waals surface area contributed by atoms with E-state index in [4.69, 9.17) is 4.74 Å². The third-order valence-electron chi connectivity index (χ3n) is 4.00. The van der Waals surface area contributed by atoms with Crippen molar-refractivity contribution in [1.82, 2.24) is 4.90 Å². The molecule has 2 aromatic carbocycles. The average Bonchev–Trinajstić information content (AvgIpc) is 3.08. The zero-order chi connectivity index (χ0) is 23.2. The number of benzene rings is 2. The van der Waals surface area contributed by atoms with Crippen LogP contribution in [0.4, 0.5) is 18.9 Å². The molecule has 0 bridgehead atoms. The molecule has 0 atom stereocenters. The Morgan fingerprint density at radius 3 is 1.94 bits per heavy atom. The molecule has 1 heterocycles. The number of rotatable bonds is 4. The number of anilines is 1. The van der Waals surface area contributed by atoms with Gasteiger partial charge in [-0.15, -0.1) is 0 Å². The molecule has 0 aromatic heterocycles. The number of carbonyl (C=O) groups excluding carboxylic acids is 2. The molecule has 0 N–H and O–H groups in total. The van der Waals surface area contributed by atoms with E-state index < -0.39 is 17.7 Å². The fourth-order valence-electron chi connectivity index (χ4n) is 2.36. The molecule has 2 aromatic rings. The summed E-state index contributed by atoms with van der Waals surface area (Å²) < 4.78 is 42.9. The van der Waals surface area contributed by atoms with Crippen molar-refractivity contribution in [2.45, 2.75) is 6.18 Å². The molecule has 164 valence electrons. The SMILES string of the molecule is CN(C)C=O.CN(C)c1ccc(C=C2N=C(c3ccc(C(F)(F)F)cc3)OC2=O)cc1. The minimum Gasteiger partial charge on any atom is -0.402 e. The summed E-state index contributed by atoms with van der Waals surface area (Å²) in [5.41, 5.74) is 1.40. The summed E-state index contributed by atoms with van der Waals surface area (Å²) in [5, 5.41) is 0. The van der Waals surface area contributed by atoms with Crippen molar-refractivity contribution in [3.05, 3.63) is 70.9 Å². The summed E-state index contributed by atoms with van der Waals surface area (Å²) in [4.78, 5) is 28.9. The molecule has 0 aliphatic carbocycles. The van der Waals surface area contributed by atoms with E-state index in [1.165, 1.54) is 17.0 Å². The standard InChI is InChI=1S/C19H15F3N2O2.C3H7NO/c1-24(2)15-9-3-12(4-10-15)11-16-18(25)26-17(23-16)13-5-7-14(8-6-13)19(20,21)22;1-4(2)3-5/h3-11H,1-2H3;3H,1-2H3. The van der Waals surface area contributed by atoms with Crippen molar-refractivity contribution in [2.24, 2.45) is 4.99 Å². The zero-order valence-corrected chi connectivity index (χ0v) is 17.5. The highest BCUT2D eigenvalue weighted by atomic mass is 19.4. The highest BCUT2D eigenvalue weighted by molar-refractivity contribution is 6.12. The quantitative estimate of drug-likeness (QED) is 0.418. The van der Waals surface area contributed by atoms with Gasteiger partial charge in [0.05, 0.1) is 5.56 Å².